The number of carbonyl (C=O) groups excluding carboxylic acids is 1. The van der Waals surface area contributed by atoms with Crippen molar-refractivity contribution in [3.63, 3.8) is 0 Å². The van der Waals surface area contributed by atoms with Crippen LogP contribution in [0.3, 0.4) is 0 Å². The quantitative estimate of drug-likeness (QED) is 0.571. The molecule has 0 spiro atoms. The Balaban J connectivity index is 1.53. The summed E-state index contributed by atoms with van der Waals surface area (Å²) < 4.78 is 42.4. The lowest BCUT2D eigenvalue weighted by atomic mass is 10.2. The number of amides is 1. The second-order valence-electron chi connectivity index (χ2n) is 8.12. The van der Waals surface area contributed by atoms with Gasteiger partial charge in [-0.2, -0.15) is 5.10 Å². The van der Waals surface area contributed by atoms with Crippen LogP contribution in [0.4, 0.5) is 4.39 Å². The first-order valence-corrected chi connectivity index (χ1v) is 12.0. The van der Waals surface area contributed by atoms with E-state index in [0.29, 0.717) is 16.9 Å². The zero-order valence-corrected chi connectivity index (χ0v) is 18.7. The number of hydrogen-bond donors (Lipinski definition) is 2. The highest BCUT2D eigenvalue weighted by Gasteiger charge is 2.27. The normalized spacial score (nSPS) is 13.4. The first-order chi connectivity index (χ1) is 15.2. The van der Waals surface area contributed by atoms with Crippen LogP contribution in [-0.2, 0) is 29.4 Å². The van der Waals surface area contributed by atoms with Crippen LogP contribution in [-0.4, -0.2) is 30.1 Å². The summed E-state index contributed by atoms with van der Waals surface area (Å²) in [6.07, 6.45) is 2.49. The molecular formula is C23H25FN4O3S. The Kier molecular flexibility index (Phi) is 6.12. The van der Waals surface area contributed by atoms with Crippen molar-refractivity contribution in [3.05, 3.63) is 76.9 Å². The van der Waals surface area contributed by atoms with E-state index in [9.17, 15) is 17.6 Å². The molecule has 2 N–H and O–H groups in total. The summed E-state index contributed by atoms with van der Waals surface area (Å²) in [5, 5.41) is 7.36. The monoisotopic (exact) mass is 456 g/mol. The van der Waals surface area contributed by atoms with Crippen molar-refractivity contribution in [1.29, 1.82) is 0 Å². The van der Waals surface area contributed by atoms with Gasteiger partial charge in [0.25, 0.3) is 5.91 Å². The van der Waals surface area contributed by atoms with Gasteiger partial charge in [0.1, 0.15) is 5.82 Å². The van der Waals surface area contributed by atoms with Crippen molar-refractivity contribution >= 4 is 15.9 Å². The Bertz CT molecular complexity index is 1250. The molecule has 0 bridgehead atoms. The Morgan fingerprint density at radius 1 is 1.16 bits per heavy atom. The Labute approximate surface area is 186 Å². The van der Waals surface area contributed by atoms with Crippen molar-refractivity contribution < 1.29 is 17.6 Å². The average Bonchev–Trinajstić information content (AvgIpc) is 3.35. The van der Waals surface area contributed by atoms with Gasteiger partial charge < -0.3 is 5.32 Å². The van der Waals surface area contributed by atoms with Crippen molar-refractivity contribution in [2.75, 3.05) is 0 Å². The van der Waals surface area contributed by atoms with Crippen LogP contribution in [0.15, 0.2) is 53.4 Å². The molecule has 7 nitrogen and oxygen atoms in total. The predicted molar refractivity (Wildman–Crippen MR) is 119 cm³/mol. The molecule has 0 saturated heterocycles. The Hall–Kier alpha value is -3.04. The zero-order valence-electron chi connectivity index (χ0n) is 17.9. The first-order valence-electron chi connectivity index (χ1n) is 10.5. The minimum atomic E-state index is -3.62. The van der Waals surface area contributed by atoms with Crippen LogP contribution < -0.4 is 10.0 Å². The third-order valence-corrected chi connectivity index (χ3v) is 6.93. The van der Waals surface area contributed by atoms with Gasteiger partial charge in [-0.1, -0.05) is 12.1 Å². The van der Waals surface area contributed by atoms with Gasteiger partial charge in [-0.05, 0) is 75.1 Å². The van der Waals surface area contributed by atoms with Crippen LogP contribution in [0.1, 0.15) is 47.6 Å². The number of rotatable bonds is 7. The Morgan fingerprint density at radius 2 is 1.91 bits per heavy atom. The molecule has 1 aliphatic rings. The van der Waals surface area contributed by atoms with Gasteiger partial charge in [0.15, 0.2) is 5.69 Å². The van der Waals surface area contributed by atoms with Crippen molar-refractivity contribution in [2.24, 2.45) is 0 Å². The fourth-order valence-corrected chi connectivity index (χ4v) is 5.20. The molecule has 2 aromatic carbocycles. The van der Waals surface area contributed by atoms with Crippen molar-refractivity contribution in [3.8, 4) is 5.69 Å². The SMILES string of the molecule is CC(C)NS(=O)(=O)c1cccc(CNC(=O)c2nn(-c3ccc(F)cc3)c3c2CCC3)c1. The van der Waals surface area contributed by atoms with Crippen LogP contribution in [0, 0.1) is 5.82 Å². The van der Waals surface area contributed by atoms with E-state index in [1.54, 1.807) is 48.9 Å². The highest BCUT2D eigenvalue weighted by atomic mass is 32.2. The summed E-state index contributed by atoms with van der Waals surface area (Å²) in [6.45, 7) is 3.68. The number of sulfonamides is 1. The highest BCUT2D eigenvalue weighted by Crippen LogP contribution is 2.28. The largest absolute Gasteiger partial charge is 0.347 e. The van der Waals surface area contributed by atoms with E-state index >= 15 is 0 Å². The van der Waals surface area contributed by atoms with E-state index in [-0.39, 0.29) is 29.2 Å². The van der Waals surface area contributed by atoms with E-state index in [0.717, 1.165) is 30.5 Å². The second kappa shape index (κ2) is 8.84. The van der Waals surface area contributed by atoms with Gasteiger partial charge in [0.05, 0.1) is 10.6 Å². The van der Waals surface area contributed by atoms with E-state index in [4.69, 9.17) is 0 Å². The van der Waals surface area contributed by atoms with E-state index in [1.807, 2.05) is 0 Å². The lowest BCUT2D eigenvalue weighted by Gasteiger charge is -2.11. The molecule has 0 fully saturated rings. The summed E-state index contributed by atoms with van der Waals surface area (Å²) in [5.74, 6) is -0.652. The average molecular weight is 457 g/mol. The van der Waals surface area contributed by atoms with Crippen molar-refractivity contribution in [2.45, 2.75) is 50.6 Å². The number of halogens is 1. The maximum Gasteiger partial charge on any atom is 0.272 e. The number of nitrogens with one attached hydrogen (secondary N) is 2. The lowest BCUT2D eigenvalue weighted by Crippen LogP contribution is -2.30. The number of hydrogen-bond acceptors (Lipinski definition) is 4. The van der Waals surface area contributed by atoms with E-state index in [2.05, 4.69) is 15.1 Å². The minimum absolute atomic E-state index is 0.152. The summed E-state index contributed by atoms with van der Waals surface area (Å²) in [7, 11) is -3.62. The van der Waals surface area contributed by atoms with Gasteiger partial charge in [0.2, 0.25) is 10.0 Å². The molecular weight excluding hydrogens is 431 g/mol. The Morgan fingerprint density at radius 3 is 2.62 bits per heavy atom. The van der Waals surface area contributed by atoms with Crippen molar-refractivity contribution in [1.82, 2.24) is 19.8 Å². The summed E-state index contributed by atoms with van der Waals surface area (Å²) in [5.41, 5.74) is 3.60. The molecule has 0 atom stereocenters. The standard InChI is InChI=1S/C23H25FN4O3S/c1-15(2)27-32(30,31)19-6-3-5-16(13-19)14-25-23(29)22-20-7-4-8-21(20)28(26-22)18-11-9-17(24)10-12-18/h3,5-6,9-13,15,27H,4,7-8,14H2,1-2H3,(H,25,29). The maximum absolute atomic E-state index is 13.3. The van der Waals surface area contributed by atoms with E-state index in [1.165, 1.54) is 18.2 Å². The molecule has 1 amide bonds. The number of aromatic nitrogens is 2. The molecule has 1 aliphatic carbocycles. The molecule has 9 heteroatoms. The van der Waals surface area contributed by atoms with Gasteiger partial charge in [-0.3, -0.25) is 4.79 Å². The summed E-state index contributed by atoms with van der Waals surface area (Å²) in [6, 6.07) is 12.3. The minimum Gasteiger partial charge on any atom is -0.347 e. The van der Waals surface area contributed by atoms with Gasteiger partial charge >= 0.3 is 0 Å². The molecule has 0 saturated carbocycles. The smallest absolute Gasteiger partial charge is 0.272 e. The molecule has 0 aliphatic heterocycles. The zero-order chi connectivity index (χ0) is 22.9. The fraction of sp³-hybridized carbons (Fsp3) is 0.304. The number of fused-ring (bicyclic) bond motifs is 1. The maximum atomic E-state index is 13.3. The first kappa shape index (κ1) is 22.2. The van der Waals surface area contributed by atoms with Gasteiger partial charge in [-0.25, -0.2) is 22.2 Å². The number of nitrogens with zero attached hydrogens (tertiary/aromatic N) is 2. The molecule has 0 radical (unpaired) electrons. The number of carbonyl (C=O) groups is 1. The van der Waals surface area contributed by atoms with Crippen LogP contribution >= 0.6 is 0 Å². The molecule has 32 heavy (non-hydrogen) atoms. The summed E-state index contributed by atoms with van der Waals surface area (Å²) >= 11 is 0. The predicted octanol–water partition coefficient (Wildman–Crippen LogP) is 3.12. The fourth-order valence-electron chi connectivity index (χ4n) is 3.88. The van der Waals surface area contributed by atoms with Crippen LogP contribution in [0.25, 0.3) is 5.69 Å². The summed E-state index contributed by atoms with van der Waals surface area (Å²) in [4.78, 5) is 13.1. The molecule has 168 valence electrons. The third-order valence-electron chi connectivity index (χ3n) is 5.27. The molecule has 4 rings (SSSR count). The van der Waals surface area contributed by atoms with E-state index < -0.39 is 10.0 Å². The number of benzene rings is 2. The molecule has 1 heterocycles. The third kappa shape index (κ3) is 4.58. The molecule has 1 aromatic heterocycles. The van der Waals surface area contributed by atoms with Crippen LogP contribution in [0.5, 0.6) is 0 Å². The lowest BCUT2D eigenvalue weighted by molar-refractivity contribution is 0.0944. The molecule has 0 unspecified atom stereocenters. The van der Waals surface area contributed by atoms with Crippen LogP contribution in [0.2, 0.25) is 0 Å². The topological polar surface area (TPSA) is 93.1 Å². The highest BCUT2D eigenvalue weighted by molar-refractivity contribution is 7.89. The molecule has 3 aromatic rings. The van der Waals surface area contributed by atoms with Gasteiger partial charge in [-0.15, -0.1) is 0 Å². The second-order valence-corrected chi connectivity index (χ2v) is 9.84. The van der Waals surface area contributed by atoms with Gasteiger partial charge in [0, 0.05) is 23.8 Å².